The van der Waals surface area contributed by atoms with E-state index in [1.807, 2.05) is 0 Å². The average Bonchev–Trinajstić information content (AvgIpc) is 2.57. The topological polar surface area (TPSA) is 46.9 Å². The van der Waals surface area contributed by atoms with Crippen LogP contribution in [0, 0.1) is 0 Å². The fourth-order valence-corrected chi connectivity index (χ4v) is 3.76. The summed E-state index contributed by atoms with van der Waals surface area (Å²) in [6, 6.07) is -2.73. The maximum absolute atomic E-state index is 13.0. The summed E-state index contributed by atoms with van der Waals surface area (Å²) >= 11 is 0. The number of rotatable bonds is 6. The van der Waals surface area contributed by atoms with Crippen molar-refractivity contribution in [3.05, 3.63) is 0 Å². The molecule has 1 aliphatic rings. The van der Waals surface area contributed by atoms with Gasteiger partial charge in [-0.05, 0) is 26.9 Å². The van der Waals surface area contributed by atoms with E-state index in [1.54, 1.807) is 0 Å². The maximum atomic E-state index is 13.0. The van der Waals surface area contributed by atoms with Gasteiger partial charge in [0.25, 0.3) is 11.2 Å². The molecule has 0 aromatic heterocycles. The van der Waals surface area contributed by atoms with Crippen molar-refractivity contribution in [2.45, 2.75) is 73.7 Å². The molecule has 0 bridgehead atoms. The third-order valence-electron chi connectivity index (χ3n) is 5.66. The molecule has 0 amide bonds. The first-order chi connectivity index (χ1) is 14.0. The summed E-state index contributed by atoms with van der Waals surface area (Å²) in [5.41, 5.74) is -10.3. The van der Waals surface area contributed by atoms with Gasteiger partial charge in [-0.25, -0.2) is 0 Å². The number of hydrogen-bond acceptors (Lipinski definition) is 4. The molecule has 2 N–H and O–H groups in total. The van der Waals surface area contributed by atoms with E-state index in [-0.39, 0.29) is 25.7 Å². The van der Waals surface area contributed by atoms with Gasteiger partial charge in [0.15, 0.2) is 0 Å². The van der Waals surface area contributed by atoms with Crippen molar-refractivity contribution in [3.8, 4) is 0 Å². The van der Waals surface area contributed by atoms with Crippen LogP contribution in [-0.2, 0) is 0 Å². The summed E-state index contributed by atoms with van der Waals surface area (Å²) in [5.74, 6) is 0. The summed E-state index contributed by atoms with van der Waals surface area (Å²) < 4.78 is 156. The SMILES string of the molecule is CN(CC(O)(C(F)(F)F)C(F)(F)F)[C@H]1CCCC[C@@H]1N(C)CC(O)(C(F)(F)F)C(F)(F)F. The van der Waals surface area contributed by atoms with Gasteiger partial charge in [0.1, 0.15) is 0 Å². The fourth-order valence-electron chi connectivity index (χ4n) is 3.76. The molecule has 4 nitrogen and oxygen atoms in total. The third kappa shape index (κ3) is 5.55. The van der Waals surface area contributed by atoms with Crippen molar-refractivity contribution < 1.29 is 62.9 Å². The number of nitrogens with zero attached hydrogens (tertiary/aromatic N) is 2. The summed E-state index contributed by atoms with van der Waals surface area (Å²) in [7, 11) is 1.50. The Morgan fingerprint density at radius 3 is 0.969 bits per heavy atom. The second-order valence-electron chi connectivity index (χ2n) is 7.96. The average molecular weight is 502 g/mol. The molecule has 32 heavy (non-hydrogen) atoms. The predicted octanol–water partition coefficient (Wildman–Crippen LogP) is 3.87. The zero-order valence-corrected chi connectivity index (χ0v) is 16.7. The second kappa shape index (κ2) is 8.98. The van der Waals surface area contributed by atoms with Crippen LogP contribution in [0.4, 0.5) is 52.7 Å². The van der Waals surface area contributed by atoms with Crippen molar-refractivity contribution >= 4 is 0 Å². The minimum atomic E-state index is -6.15. The van der Waals surface area contributed by atoms with Gasteiger partial charge in [0.05, 0.1) is 0 Å². The minimum absolute atomic E-state index is 0.159. The normalized spacial score (nSPS) is 22.7. The van der Waals surface area contributed by atoms with Crippen molar-refractivity contribution in [2.24, 2.45) is 0 Å². The lowest BCUT2D eigenvalue weighted by Gasteiger charge is -2.46. The molecule has 1 aliphatic carbocycles. The number of likely N-dealkylation sites (N-methyl/N-ethyl adjacent to an activating group) is 2. The molecule has 0 aromatic carbocycles. The number of aliphatic hydroxyl groups is 2. The Balaban J connectivity index is 3.21. The van der Waals surface area contributed by atoms with E-state index in [4.69, 9.17) is 0 Å². The number of halogens is 12. The van der Waals surface area contributed by atoms with E-state index >= 15 is 0 Å². The van der Waals surface area contributed by atoms with Gasteiger partial charge < -0.3 is 10.2 Å². The molecule has 0 aliphatic heterocycles. The molecule has 0 spiro atoms. The molecule has 0 unspecified atom stereocenters. The smallest absolute Gasteiger partial charge is 0.373 e. The highest BCUT2D eigenvalue weighted by atomic mass is 19.4. The first kappa shape index (κ1) is 29.0. The predicted molar refractivity (Wildman–Crippen MR) is 85.4 cm³/mol. The first-order valence-corrected chi connectivity index (χ1v) is 9.12. The van der Waals surface area contributed by atoms with Crippen molar-refractivity contribution in [1.82, 2.24) is 9.80 Å². The molecular weight excluding hydrogens is 480 g/mol. The van der Waals surface area contributed by atoms with Crippen LogP contribution in [0.5, 0.6) is 0 Å². The van der Waals surface area contributed by atoms with E-state index < -0.39 is 61.1 Å². The molecule has 16 heteroatoms. The third-order valence-corrected chi connectivity index (χ3v) is 5.66. The number of hydrogen-bond donors (Lipinski definition) is 2. The van der Waals surface area contributed by atoms with Crippen molar-refractivity contribution in [1.29, 1.82) is 0 Å². The van der Waals surface area contributed by atoms with Gasteiger partial charge in [-0.3, -0.25) is 9.80 Å². The molecule has 2 atom stereocenters. The highest BCUT2D eigenvalue weighted by Crippen LogP contribution is 2.46. The van der Waals surface area contributed by atoms with Crippen LogP contribution >= 0.6 is 0 Å². The Bertz CT molecular complexity index is 546. The highest BCUT2D eigenvalue weighted by molar-refractivity contribution is 5.01. The fraction of sp³-hybridized carbons (Fsp3) is 1.00. The van der Waals surface area contributed by atoms with Gasteiger partial charge in [0, 0.05) is 25.2 Å². The van der Waals surface area contributed by atoms with E-state index in [2.05, 4.69) is 0 Å². The maximum Gasteiger partial charge on any atom is 0.427 e. The van der Waals surface area contributed by atoms with Crippen LogP contribution in [0.1, 0.15) is 25.7 Å². The monoisotopic (exact) mass is 502 g/mol. The molecular formula is C16H22F12N2O2. The zero-order valence-electron chi connectivity index (χ0n) is 16.7. The standard InChI is InChI=1S/C16H22F12N2O2/c1-29(7-11(31,13(17,18)19)14(20,21)22)9-5-3-4-6-10(9)30(2)8-12(32,15(23,24)25)16(26,27)28/h9-10,31-32H,3-8H2,1-2H3/t9-,10-/m0/s1. The van der Waals surface area contributed by atoms with Crippen molar-refractivity contribution in [2.75, 3.05) is 27.2 Å². The van der Waals surface area contributed by atoms with E-state index in [1.165, 1.54) is 0 Å². The molecule has 0 radical (unpaired) electrons. The summed E-state index contributed by atoms with van der Waals surface area (Å²) in [6.45, 7) is -4.09. The lowest BCUT2D eigenvalue weighted by molar-refractivity contribution is -0.374. The van der Waals surface area contributed by atoms with Gasteiger partial charge in [-0.1, -0.05) is 12.8 Å². The lowest BCUT2D eigenvalue weighted by Crippen LogP contribution is -2.67. The van der Waals surface area contributed by atoms with Crippen LogP contribution in [0.3, 0.4) is 0 Å². The molecule has 1 rings (SSSR count). The van der Waals surface area contributed by atoms with Crippen LogP contribution in [-0.4, -0.2) is 95.2 Å². The van der Waals surface area contributed by atoms with Gasteiger partial charge >= 0.3 is 24.7 Å². The van der Waals surface area contributed by atoms with E-state index in [9.17, 15) is 62.9 Å². The van der Waals surface area contributed by atoms with Crippen LogP contribution in [0.15, 0.2) is 0 Å². The van der Waals surface area contributed by atoms with E-state index in [0.29, 0.717) is 9.80 Å². The Morgan fingerprint density at radius 2 is 0.781 bits per heavy atom. The van der Waals surface area contributed by atoms with Gasteiger partial charge in [-0.15, -0.1) is 0 Å². The van der Waals surface area contributed by atoms with E-state index in [0.717, 1.165) is 14.1 Å². The minimum Gasteiger partial charge on any atom is -0.373 e. The lowest BCUT2D eigenvalue weighted by atomic mass is 9.86. The van der Waals surface area contributed by atoms with Crippen molar-refractivity contribution in [3.63, 3.8) is 0 Å². The Kier molecular flexibility index (Phi) is 8.15. The van der Waals surface area contributed by atoms with Gasteiger partial charge in [-0.2, -0.15) is 52.7 Å². The summed E-state index contributed by atoms with van der Waals surface area (Å²) in [5, 5.41) is 18.7. The molecule has 0 aromatic rings. The van der Waals surface area contributed by atoms with Crippen LogP contribution in [0.2, 0.25) is 0 Å². The zero-order chi connectivity index (χ0) is 25.6. The molecule has 0 heterocycles. The summed E-state index contributed by atoms with van der Waals surface area (Å²) in [6.07, 6.45) is -24.5. The molecule has 1 saturated carbocycles. The van der Waals surface area contributed by atoms with Gasteiger partial charge in [0.2, 0.25) is 0 Å². The Labute approximate surface area is 174 Å². The first-order valence-electron chi connectivity index (χ1n) is 9.12. The van der Waals surface area contributed by atoms with Crippen LogP contribution in [0.25, 0.3) is 0 Å². The largest absolute Gasteiger partial charge is 0.427 e. The Hall–Kier alpha value is -1.00. The molecule has 192 valence electrons. The number of alkyl halides is 12. The molecule has 1 fully saturated rings. The molecule has 0 saturated heterocycles. The second-order valence-corrected chi connectivity index (χ2v) is 7.96. The quantitative estimate of drug-likeness (QED) is 0.542. The Morgan fingerprint density at radius 1 is 0.562 bits per heavy atom. The van der Waals surface area contributed by atoms with Crippen LogP contribution < -0.4 is 0 Å². The highest BCUT2D eigenvalue weighted by Gasteiger charge is 2.72. The summed E-state index contributed by atoms with van der Waals surface area (Å²) in [4.78, 5) is 0.836.